The second-order valence-electron chi connectivity index (χ2n) is 5.51. The van der Waals surface area contributed by atoms with Crippen LogP contribution in [0.25, 0.3) is 0 Å². The Balaban J connectivity index is 0.00000120. The molecule has 0 amide bonds. The number of hydrogen-bond donors (Lipinski definition) is 1. The first-order valence-corrected chi connectivity index (χ1v) is 6.86. The minimum absolute atomic E-state index is 0. The Morgan fingerprint density at radius 1 is 1.11 bits per heavy atom. The van der Waals surface area contributed by atoms with Crippen LogP contribution < -0.4 is 0 Å². The SMILES string of the molecule is Br.Oc1cccc(C2CCC3CCCCN3C2)c1. The average Bonchev–Trinajstić information content (AvgIpc) is 2.38. The number of phenolic OH excluding ortho intramolecular Hbond substituents is 1. The van der Waals surface area contributed by atoms with Gasteiger partial charge in [-0.1, -0.05) is 18.6 Å². The molecule has 2 aliphatic heterocycles. The molecule has 2 fully saturated rings. The predicted octanol–water partition coefficient (Wildman–Crippen LogP) is 3.70. The molecule has 0 aromatic heterocycles. The molecule has 0 saturated carbocycles. The number of nitrogens with zero attached hydrogens (tertiary/aromatic N) is 1. The molecular weight excluding hydrogens is 290 g/mol. The number of hydrogen-bond acceptors (Lipinski definition) is 2. The van der Waals surface area contributed by atoms with Gasteiger partial charge in [-0.15, -0.1) is 17.0 Å². The molecule has 2 unspecified atom stereocenters. The lowest BCUT2D eigenvalue weighted by Crippen LogP contribution is -2.45. The van der Waals surface area contributed by atoms with Crippen molar-refractivity contribution in [3.8, 4) is 5.75 Å². The van der Waals surface area contributed by atoms with E-state index in [-0.39, 0.29) is 17.0 Å². The number of phenols is 1. The first-order valence-electron chi connectivity index (χ1n) is 6.86. The van der Waals surface area contributed by atoms with E-state index in [2.05, 4.69) is 11.0 Å². The molecule has 2 aliphatic rings. The third-order valence-corrected chi connectivity index (χ3v) is 4.39. The molecule has 0 spiro atoms. The molecular formula is C15H22BrNO. The van der Waals surface area contributed by atoms with E-state index in [1.807, 2.05) is 12.1 Å². The number of aromatic hydroxyl groups is 1. The van der Waals surface area contributed by atoms with Gasteiger partial charge in [0.15, 0.2) is 0 Å². The topological polar surface area (TPSA) is 23.5 Å². The van der Waals surface area contributed by atoms with Crippen molar-refractivity contribution in [3.63, 3.8) is 0 Å². The van der Waals surface area contributed by atoms with E-state index in [1.54, 1.807) is 6.07 Å². The summed E-state index contributed by atoms with van der Waals surface area (Å²) in [5.41, 5.74) is 1.31. The maximum atomic E-state index is 9.56. The van der Waals surface area contributed by atoms with E-state index in [1.165, 1.54) is 50.8 Å². The van der Waals surface area contributed by atoms with Crippen molar-refractivity contribution in [2.24, 2.45) is 0 Å². The fourth-order valence-electron chi connectivity index (χ4n) is 3.45. The first kappa shape index (κ1) is 13.9. The second-order valence-corrected chi connectivity index (χ2v) is 5.51. The van der Waals surface area contributed by atoms with Gasteiger partial charge in [0.2, 0.25) is 0 Å². The number of rotatable bonds is 1. The number of piperidine rings is 2. The second kappa shape index (κ2) is 6.07. The standard InChI is InChI=1S/C15H21NO.BrH/c17-15-6-3-4-12(10-15)13-7-8-14-5-1-2-9-16(14)11-13;/h3-4,6,10,13-14,17H,1-2,5,7-9,11H2;1H. The monoisotopic (exact) mass is 311 g/mol. The summed E-state index contributed by atoms with van der Waals surface area (Å²) in [5, 5.41) is 9.56. The van der Waals surface area contributed by atoms with Crippen LogP contribution in [0.2, 0.25) is 0 Å². The summed E-state index contributed by atoms with van der Waals surface area (Å²) in [4.78, 5) is 2.67. The van der Waals surface area contributed by atoms with Crippen LogP contribution in [0.4, 0.5) is 0 Å². The summed E-state index contributed by atoms with van der Waals surface area (Å²) in [6.07, 6.45) is 6.79. The van der Waals surface area contributed by atoms with Crippen molar-refractivity contribution in [1.29, 1.82) is 0 Å². The molecule has 1 aromatic carbocycles. The molecule has 100 valence electrons. The van der Waals surface area contributed by atoms with Gasteiger partial charge in [-0.2, -0.15) is 0 Å². The summed E-state index contributed by atoms with van der Waals surface area (Å²) in [6.45, 7) is 2.47. The maximum Gasteiger partial charge on any atom is 0.115 e. The molecule has 2 atom stereocenters. The average molecular weight is 312 g/mol. The number of halogens is 1. The Kier molecular flexibility index (Phi) is 4.68. The van der Waals surface area contributed by atoms with Crippen molar-refractivity contribution in [2.75, 3.05) is 13.1 Å². The minimum atomic E-state index is 0. The van der Waals surface area contributed by atoms with Gasteiger partial charge in [-0.25, -0.2) is 0 Å². The van der Waals surface area contributed by atoms with Gasteiger partial charge in [0, 0.05) is 12.6 Å². The Labute approximate surface area is 120 Å². The van der Waals surface area contributed by atoms with Crippen LogP contribution in [0, 0.1) is 0 Å². The lowest BCUT2D eigenvalue weighted by Gasteiger charge is -2.42. The zero-order valence-electron chi connectivity index (χ0n) is 10.7. The zero-order chi connectivity index (χ0) is 11.7. The molecule has 18 heavy (non-hydrogen) atoms. The molecule has 1 aromatic rings. The summed E-state index contributed by atoms with van der Waals surface area (Å²) in [7, 11) is 0. The highest BCUT2D eigenvalue weighted by Gasteiger charge is 2.30. The largest absolute Gasteiger partial charge is 0.508 e. The number of fused-ring (bicyclic) bond motifs is 1. The highest BCUT2D eigenvalue weighted by Crippen LogP contribution is 2.34. The van der Waals surface area contributed by atoms with Gasteiger partial charge in [0.1, 0.15) is 5.75 Å². The van der Waals surface area contributed by atoms with Crippen LogP contribution in [-0.4, -0.2) is 29.1 Å². The Bertz CT molecular complexity index is 396. The molecule has 3 rings (SSSR count). The van der Waals surface area contributed by atoms with Crippen LogP contribution in [-0.2, 0) is 0 Å². The van der Waals surface area contributed by atoms with E-state index in [4.69, 9.17) is 0 Å². The third-order valence-electron chi connectivity index (χ3n) is 4.39. The molecule has 0 bridgehead atoms. The van der Waals surface area contributed by atoms with Gasteiger partial charge in [0.25, 0.3) is 0 Å². The quantitative estimate of drug-likeness (QED) is 0.854. The summed E-state index contributed by atoms with van der Waals surface area (Å²) < 4.78 is 0. The third kappa shape index (κ3) is 2.89. The van der Waals surface area contributed by atoms with Crippen LogP contribution in [0.1, 0.15) is 43.6 Å². The molecule has 1 N–H and O–H groups in total. The van der Waals surface area contributed by atoms with Crippen molar-refractivity contribution in [2.45, 2.75) is 44.1 Å². The molecule has 0 radical (unpaired) electrons. The highest BCUT2D eigenvalue weighted by molar-refractivity contribution is 8.93. The Morgan fingerprint density at radius 2 is 2.00 bits per heavy atom. The molecule has 2 saturated heterocycles. The van der Waals surface area contributed by atoms with Gasteiger partial charge >= 0.3 is 0 Å². The molecule has 2 nitrogen and oxygen atoms in total. The summed E-state index contributed by atoms with van der Waals surface area (Å²) in [6, 6.07) is 8.67. The predicted molar refractivity (Wildman–Crippen MR) is 79.6 cm³/mol. The Morgan fingerprint density at radius 3 is 2.83 bits per heavy atom. The number of benzene rings is 1. The van der Waals surface area contributed by atoms with Crippen molar-refractivity contribution < 1.29 is 5.11 Å². The van der Waals surface area contributed by atoms with Crippen molar-refractivity contribution in [1.82, 2.24) is 4.90 Å². The van der Waals surface area contributed by atoms with Crippen LogP contribution >= 0.6 is 17.0 Å². The van der Waals surface area contributed by atoms with E-state index >= 15 is 0 Å². The highest BCUT2D eigenvalue weighted by atomic mass is 79.9. The first-order chi connectivity index (χ1) is 8.33. The van der Waals surface area contributed by atoms with E-state index in [0.717, 1.165) is 6.04 Å². The van der Waals surface area contributed by atoms with E-state index < -0.39 is 0 Å². The fraction of sp³-hybridized carbons (Fsp3) is 0.600. The van der Waals surface area contributed by atoms with Gasteiger partial charge in [-0.3, -0.25) is 4.90 Å². The molecule has 0 aliphatic carbocycles. The summed E-state index contributed by atoms with van der Waals surface area (Å²) in [5.74, 6) is 1.03. The van der Waals surface area contributed by atoms with Gasteiger partial charge in [0.05, 0.1) is 0 Å². The molecule has 2 heterocycles. The molecule has 3 heteroatoms. The van der Waals surface area contributed by atoms with Crippen LogP contribution in [0.15, 0.2) is 24.3 Å². The fourth-order valence-corrected chi connectivity index (χ4v) is 3.45. The lowest BCUT2D eigenvalue weighted by molar-refractivity contribution is 0.0959. The van der Waals surface area contributed by atoms with Crippen LogP contribution in [0.5, 0.6) is 5.75 Å². The maximum absolute atomic E-state index is 9.56. The Hall–Kier alpha value is -0.540. The normalized spacial score (nSPS) is 28.2. The smallest absolute Gasteiger partial charge is 0.115 e. The lowest BCUT2D eigenvalue weighted by atomic mass is 9.84. The minimum Gasteiger partial charge on any atom is -0.508 e. The summed E-state index contributed by atoms with van der Waals surface area (Å²) >= 11 is 0. The van der Waals surface area contributed by atoms with E-state index in [0.29, 0.717) is 11.7 Å². The van der Waals surface area contributed by atoms with Crippen molar-refractivity contribution in [3.05, 3.63) is 29.8 Å². The van der Waals surface area contributed by atoms with Gasteiger partial charge < -0.3 is 5.11 Å². The van der Waals surface area contributed by atoms with Gasteiger partial charge in [-0.05, 0) is 55.8 Å². The zero-order valence-corrected chi connectivity index (χ0v) is 12.4. The van der Waals surface area contributed by atoms with Crippen LogP contribution in [0.3, 0.4) is 0 Å². The van der Waals surface area contributed by atoms with E-state index in [9.17, 15) is 5.11 Å². The van der Waals surface area contributed by atoms with Crippen molar-refractivity contribution >= 4 is 17.0 Å².